The van der Waals surface area contributed by atoms with Crippen LogP contribution in [0, 0.1) is 26.0 Å². The Kier molecular flexibility index (Phi) is 14.8. The molecule has 0 aliphatic carbocycles. The molecular formula is C70H71IrN3OSi-2. The van der Waals surface area contributed by atoms with Gasteiger partial charge in [-0.1, -0.05) is 212 Å². The fourth-order valence-electron chi connectivity index (χ4n) is 10.7. The molecule has 4 nitrogen and oxygen atoms in total. The molecule has 0 aliphatic heterocycles. The number of imidazole rings is 1. The van der Waals surface area contributed by atoms with Gasteiger partial charge in [0.25, 0.3) is 0 Å². The summed E-state index contributed by atoms with van der Waals surface area (Å²) in [7, 11) is -1.55. The number of aryl methyl sites for hydroxylation is 2. The minimum Gasteiger partial charge on any atom is -0.501 e. The van der Waals surface area contributed by atoms with Gasteiger partial charge in [-0.05, 0) is 117 Å². The smallest absolute Gasteiger partial charge is 0.120 e. The summed E-state index contributed by atoms with van der Waals surface area (Å²) in [5, 5.41) is 5.79. The van der Waals surface area contributed by atoms with E-state index < -0.39 is 14.0 Å². The van der Waals surface area contributed by atoms with Gasteiger partial charge >= 0.3 is 0 Å². The van der Waals surface area contributed by atoms with Gasteiger partial charge < -0.3 is 14.0 Å². The molecule has 0 unspecified atom stereocenters. The maximum atomic E-state index is 8.57. The zero-order valence-corrected chi connectivity index (χ0v) is 50.1. The van der Waals surface area contributed by atoms with Gasteiger partial charge in [-0.15, -0.1) is 47.3 Å². The first kappa shape index (κ1) is 52.7. The first-order chi connectivity index (χ1) is 36.0. The van der Waals surface area contributed by atoms with E-state index in [1.807, 2.05) is 44.3 Å². The van der Waals surface area contributed by atoms with E-state index >= 15 is 0 Å². The Bertz CT molecular complexity index is 3940. The van der Waals surface area contributed by atoms with Crippen LogP contribution in [0.25, 0.3) is 94.3 Å². The van der Waals surface area contributed by atoms with E-state index in [2.05, 4.69) is 226 Å². The first-order valence-electron chi connectivity index (χ1n) is 27.2. The van der Waals surface area contributed by atoms with Crippen LogP contribution in [-0.2, 0) is 25.5 Å². The number of hydrogen-bond acceptors (Lipinski definition) is 3. The van der Waals surface area contributed by atoms with Gasteiger partial charge in [0.1, 0.15) is 5.58 Å². The van der Waals surface area contributed by atoms with Crippen molar-refractivity contribution in [2.75, 3.05) is 0 Å². The predicted octanol–water partition coefficient (Wildman–Crippen LogP) is 19.3. The summed E-state index contributed by atoms with van der Waals surface area (Å²) >= 11 is 0. The molecule has 0 bridgehead atoms. The number of benzene rings is 8. The molecule has 0 spiro atoms. The number of para-hydroxylation sites is 2. The van der Waals surface area contributed by atoms with Crippen molar-refractivity contribution in [1.29, 1.82) is 0 Å². The molecule has 76 heavy (non-hydrogen) atoms. The van der Waals surface area contributed by atoms with Crippen molar-refractivity contribution in [2.45, 2.75) is 119 Å². The molecule has 0 atom stereocenters. The van der Waals surface area contributed by atoms with Crippen LogP contribution >= 0.6 is 0 Å². The Morgan fingerprint density at radius 2 is 1.28 bits per heavy atom. The maximum absolute atomic E-state index is 8.57. The number of rotatable bonds is 9. The van der Waals surface area contributed by atoms with E-state index in [0.717, 1.165) is 66.7 Å². The van der Waals surface area contributed by atoms with Gasteiger partial charge in [0.15, 0.2) is 0 Å². The summed E-state index contributed by atoms with van der Waals surface area (Å²) < 4.78 is 17.7. The Morgan fingerprint density at radius 1 is 0.632 bits per heavy atom. The maximum Gasteiger partial charge on any atom is 0.120 e. The third-order valence-electron chi connectivity index (χ3n) is 14.7. The van der Waals surface area contributed by atoms with E-state index in [1.165, 1.54) is 66.2 Å². The average molecular weight is 1190 g/mol. The van der Waals surface area contributed by atoms with Gasteiger partial charge in [0, 0.05) is 38.7 Å². The van der Waals surface area contributed by atoms with Gasteiger partial charge in [-0.2, -0.15) is 0 Å². The second-order valence-corrected chi connectivity index (χ2v) is 28.6. The molecule has 8 aromatic carbocycles. The molecular weight excluding hydrogens is 1120 g/mol. The van der Waals surface area contributed by atoms with Crippen molar-refractivity contribution in [1.82, 2.24) is 14.5 Å². The molecule has 11 rings (SSSR count). The van der Waals surface area contributed by atoms with Gasteiger partial charge in [-0.25, -0.2) is 0 Å². The van der Waals surface area contributed by atoms with Gasteiger partial charge in [0.2, 0.25) is 0 Å². The van der Waals surface area contributed by atoms with Crippen LogP contribution in [0.1, 0.15) is 115 Å². The van der Waals surface area contributed by atoms with Crippen LogP contribution in [0.4, 0.5) is 0 Å². The predicted molar refractivity (Wildman–Crippen MR) is 323 cm³/mol. The van der Waals surface area contributed by atoms with Crippen molar-refractivity contribution >= 4 is 57.0 Å². The normalized spacial score (nSPS) is 12.4. The van der Waals surface area contributed by atoms with Crippen LogP contribution in [0.2, 0.25) is 19.6 Å². The quantitative estimate of drug-likeness (QED) is 0.107. The molecule has 11 aromatic rings. The van der Waals surface area contributed by atoms with Crippen molar-refractivity contribution in [3.05, 3.63) is 203 Å². The molecule has 0 fully saturated rings. The van der Waals surface area contributed by atoms with Crippen molar-refractivity contribution < 1.29 is 25.9 Å². The van der Waals surface area contributed by atoms with Gasteiger partial charge in [-0.3, -0.25) is 4.98 Å². The molecule has 0 aliphatic rings. The molecule has 3 heterocycles. The molecule has 0 N–H and O–H groups in total. The molecule has 6 heteroatoms. The summed E-state index contributed by atoms with van der Waals surface area (Å²) in [4.78, 5) is 10.1. The monoisotopic (exact) mass is 1190 g/mol. The Morgan fingerprint density at radius 3 is 1.93 bits per heavy atom. The van der Waals surface area contributed by atoms with Crippen molar-refractivity contribution in [2.24, 2.45) is 0 Å². The summed E-state index contributed by atoms with van der Waals surface area (Å²) in [6.07, 6.45) is 2.00. The van der Waals surface area contributed by atoms with Gasteiger partial charge in [0.05, 0.1) is 30.5 Å². The fourth-order valence-corrected chi connectivity index (χ4v) is 12.2. The minimum absolute atomic E-state index is 0. The zero-order chi connectivity index (χ0) is 54.0. The van der Waals surface area contributed by atoms with Crippen LogP contribution in [0.15, 0.2) is 162 Å². The molecule has 1 radical (unpaired) electrons. The number of fused-ring (bicyclic) bond motifs is 5. The molecule has 0 amide bonds. The molecule has 0 saturated heterocycles. The second-order valence-electron chi connectivity index (χ2n) is 23.5. The van der Waals surface area contributed by atoms with E-state index in [-0.39, 0.29) is 25.5 Å². The van der Waals surface area contributed by atoms with Crippen molar-refractivity contribution in [3.63, 3.8) is 0 Å². The van der Waals surface area contributed by atoms with Crippen LogP contribution in [-0.4, -0.2) is 22.6 Å². The first-order valence-corrected chi connectivity index (χ1v) is 30.2. The number of furan rings is 1. The molecule has 0 saturated carbocycles. The SMILES string of the molecule is Cc1cc(C)cc(-c2cccc(-c3ccc4oc5c(-c6nc7ccccc7n6-c6c(C(C)C)cc(C(C)(C)C)cc6C(C)C)[c-]ccc5c4c3)c2)c1.[2H]C(C)(C)c1cc(-c2[c-]cc3ccccc3c2)ncc1[Si](C)(C)C.[Ir]. The van der Waals surface area contributed by atoms with Crippen molar-refractivity contribution in [3.8, 4) is 50.6 Å². The number of hydrogen-bond donors (Lipinski definition) is 0. The largest absolute Gasteiger partial charge is 0.501 e. The van der Waals surface area contributed by atoms with E-state index in [4.69, 9.17) is 15.8 Å². The number of nitrogens with zero attached hydrogens (tertiary/aromatic N) is 3. The Hall–Kier alpha value is -6.69. The van der Waals surface area contributed by atoms with Crippen LogP contribution in [0.5, 0.6) is 0 Å². The Balaban J connectivity index is 0.000000242. The third-order valence-corrected chi connectivity index (χ3v) is 16.7. The average Bonchev–Trinajstić information content (AvgIpc) is 4.01. The third kappa shape index (κ3) is 10.7. The summed E-state index contributed by atoms with van der Waals surface area (Å²) in [6.45, 7) is 31.3. The molecule has 387 valence electrons. The summed E-state index contributed by atoms with van der Waals surface area (Å²) in [6, 6.07) is 61.1. The Labute approximate surface area is 467 Å². The minimum atomic E-state index is -1.55. The second kappa shape index (κ2) is 21.4. The van der Waals surface area contributed by atoms with E-state index in [9.17, 15) is 0 Å². The van der Waals surface area contributed by atoms with Crippen LogP contribution in [0.3, 0.4) is 0 Å². The molecule has 3 aromatic heterocycles. The zero-order valence-electron chi connectivity index (χ0n) is 47.7. The topological polar surface area (TPSA) is 43.9 Å². The van der Waals surface area contributed by atoms with E-state index in [1.54, 1.807) is 0 Å². The summed E-state index contributed by atoms with van der Waals surface area (Å²) in [5.74, 6) is 0.826. The number of pyridine rings is 1. The van der Waals surface area contributed by atoms with Crippen LogP contribution < -0.4 is 5.19 Å². The summed E-state index contributed by atoms with van der Waals surface area (Å²) in [5.41, 5.74) is 20.1. The standard InChI is InChI=1S/C49H47N2O.C21H24NSi.Ir/c1-29(2)40-27-37(49(7,8)9)28-41(30(3)4)46(40)51-44-19-11-10-18-43(44)50-48(51)39-17-13-16-38-42-26-35(20-21-45(42)52-47(38)39)33-14-12-15-34(25-33)36-23-31(5)22-32(6)24-36;1-15(2)19-13-20(22-14-21(19)23(3,4)5)18-11-10-16-8-6-7-9-17(16)12-18;/h10-16,18-30H,1-9H3;6-10,12-15H,1-5H3;/q2*-1;/i;15D;. The fraction of sp³-hybridized carbons (Fsp3) is 0.257. The number of aromatic nitrogens is 3. The van der Waals surface area contributed by atoms with E-state index in [0.29, 0.717) is 11.8 Å².